The molecule has 0 unspecified atom stereocenters. The van der Waals surface area contributed by atoms with Crippen LogP contribution in [0, 0.1) is 0 Å². The summed E-state index contributed by atoms with van der Waals surface area (Å²) in [6.07, 6.45) is 0.853. The number of nitrogens with one attached hydrogen (secondary N) is 1. The molecule has 0 bridgehead atoms. The molecule has 0 atom stereocenters. The number of halogens is 3. The van der Waals surface area contributed by atoms with Crippen LogP contribution in [-0.2, 0) is 4.79 Å². The van der Waals surface area contributed by atoms with Crippen molar-refractivity contribution in [2.75, 3.05) is 6.61 Å². The molecule has 0 aromatic heterocycles. The molecule has 0 spiro atoms. The third-order valence-electron chi connectivity index (χ3n) is 1.94. The number of carbonyl (C=O) groups is 1. The highest BCUT2D eigenvalue weighted by Gasteiger charge is 2.07. The molecule has 1 aromatic carbocycles. The van der Waals surface area contributed by atoms with Crippen LogP contribution in [0.5, 0.6) is 5.75 Å². The Labute approximate surface area is 118 Å². The fourth-order valence-electron chi connectivity index (χ4n) is 1.10. The van der Waals surface area contributed by atoms with Crippen molar-refractivity contribution in [1.82, 2.24) is 5.43 Å². The first-order valence-corrected chi connectivity index (χ1v) is 6.36. The average molecular weight is 342 g/mol. The Morgan fingerprint density at radius 3 is 2.76 bits per heavy atom. The summed E-state index contributed by atoms with van der Waals surface area (Å²) >= 11 is 15.1. The standard InChI is InChI=1S/C10H11BrCl2N2O2/c11-6-4-8(13)9(5-7(6)12)17-3-1-2-10(16)15-14/h4-5H,1-3,14H2,(H,15,16). The zero-order chi connectivity index (χ0) is 12.8. The third kappa shape index (κ3) is 4.71. The van der Waals surface area contributed by atoms with Crippen LogP contribution >= 0.6 is 39.1 Å². The molecule has 1 aromatic rings. The van der Waals surface area contributed by atoms with E-state index in [4.69, 9.17) is 33.8 Å². The lowest BCUT2D eigenvalue weighted by atomic mass is 10.3. The number of hydrazine groups is 1. The van der Waals surface area contributed by atoms with Gasteiger partial charge in [0.25, 0.3) is 0 Å². The summed E-state index contributed by atoms with van der Waals surface area (Å²) in [7, 11) is 0. The first-order valence-electron chi connectivity index (χ1n) is 4.81. The van der Waals surface area contributed by atoms with Gasteiger partial charge in [-0.2, -0.15) is 0 Å². The molecule has 0 heterocycles. The molecule has 4 nitrogen and oxygen atoms in total. The summed E-state index contributed by atoms with van der Waals surface area (Å²) in [4.78, 5) is 10.8. The summed E-state index contributed by atoms with van der Waals surface area (Å²) < 4.78 is 6.12. The number of hydrogen-bond acceptors (Lipinski definition) is 3. The Bertz CT molecular complexity index is 416. The van der Waals surface area contributed by atoms with E-state index >= 15 is 0 Å². The van der Waals surface area contributed by atoms with Crippen molar-refractivity contribution < 1.29 is 9.53 Å². The lowest BCUT2D eigenvalue weighted by Gasteiger charge is -2.09. The Morgan fingerprint density at radius 1 is 1.41 bits per heavy atom. The first kappa shape index (κ1) is 14.6. The van der Waals surface area contributed by atoms with Crippen LogP contribution in [-0.4, -0.2) is 12.5 Å². The highest BCUT2D eigenvalue weighted by molar-refractivity contribution is 9.10. The molecular formula is C10H11BrCl2N2O2. The second-order valence-corrected chi connectivity index (χ2v) is 4.89. The lowest BCUT2D eigenvalue weighted by molar-refractivity contribution is -0.121. The van der Waals surface area contributed by atoms with Crippen LogP contribution in [0.2, 0.25) is 10.0 Å². The highest BCUT2D eigenvalue weighted by atomic mass is 79.9. The van der Waals surface area contributed by atoms with Gasteiger partial charge in [-0.25, -0.2) is 5.84 Å². The maximum absolute atomic E-state index is 10.8. The van der Waals surface area contributed by atoms with Crippen LogP contribution in [0.4, 0.5) is 0 Å². The Balaban J connectivity index is 2.47. The molecule has 0 aliphatic rings. The molecule has 94 valence electrons. The van der Waals surface area contributed by atoms with Crippen molar-refractivity contribution in [2.45, 2.75) is 12.8 Å². The SMILES string of the molecule is NNC(=O)CCCOc1cc(Cl)c(Br)cc1Cl. The van der Waals surface area contributed by atoms with Gasteiger partial charge < -0.3 is 4.74 Å². The van der Waals surface area contributed by atoms with Gasteiger partial charge in [-0.15, -0.1) is 0 Å². The zero-order valence-electron chi connectivity index (χ0n) is 8.80. The molecular weight excluding hydrogens is 331 g/mol. The summed E-state index contributed by atoms with van der Waals surface area (Å²) in [6.45, 7) is 0.366. The predicted octanol–water partition coefficient (Wildman–Crippen LogP) is 2.90. The average Bonchev–Trinajstić information content (AvgIpc) is 2.30. The van der Waals surface area contributed by atoms with E-state index in [0.29, 0.717) is 39.7 Å². The van der Waals surface area contributed by atoms with Gasteiger partial charge in [0.1, 0.15) is 5.75 Å². The van der Waals surface area contributed by atoms with E-state index < -0.39 is 0 Å². The van der Waals surface area contributed by atoms with Crippen molar-refractivity contribution in [3.05, 3.63) is 26.7 Å². The highest BCUT2D eigenvalue weighted by Crippen LogP contribution is 2.34. The van der Waals surface area contributed by atoms with Gasteiger partial charge in [0.2, 0.25) is 5.91 Å². The van der Waals surface area contributed by atoms with Gasteiger partial charge in [-0.1, -0.05) is 23.2 Å². The molecule has 0 saturated heterocycles. The summed E-state index contributed by atoms with van der Waals surface area (Å²) in [5.74, 6) is 5.21. The van der Waals surface area contributed by atoms with E-state index in [1.165, 1.54) is 0 Å². The maximum Gasteiger partial charge on any atom is 0.234 e. The van der Waals surface area contributed by atoms with Crippen LogP contribution in [0.3, 0.4) is 0 Å². The molecule has 1 rings (SSSR count). The van der Waals surface area contributed by atoms with Gasteiger partial charge in [0, 0.05) is 17.0 Å². The van der Waals surface area contributed by atoms with E-state index in [1.807, 2.05) is 5.43 Å². The zero-order valence-corrected chi connectivity index (χ0v) is 11.9. The molecule has 1 amide bonds. The lowest BCUT2D eigenvalue weighted by Crippen LogP contribution is -2.29. The molecule has 0 aliphatic carbocycles. The molecule has 0 saturated carbocycles. The van der Waals surface area contributed by atoms with Gasteiger partial charge >= 0.3 is 0 Å². The molecule has 7 heteroatoms. The maximum atomic E-state index is 10.8. The largest absolute Gasteiger partial charge is 0.492 e. The van der Waals surface area contributed by atoms with Gasteiger partial charge in [0.05, 0.1) is 16.7 Å². The van der Waals surface area contributed by atoms with E-state index in [0.717, 1.165) is 0 Å². The van der Waals surface area contributed by atoms with Crippen LogP contribution < -0.4 is 16.0 Å². The van der Waals surface area contributed by atoms with E-state index in [2.05, 4.69) is 15.9 Å². The summed E-state index contributed by atoms with van der Waals surface area (Å²) in [5, 5.41) is 0.980. The molecule has 0 fully saturated rings. The van der Waals surface area contributed by atoms with Crippen molar-refractivity contribution in [3.8, 4) is 5.75 Å². The quantitative estimate of drug-likeness (QED) is 0.284. The van der Waals surface area contributed by atoms with Crippen molar-refractivity contribution in [2.24, 2.45) is 5.84 Å². The van der Waals surface area contributed by atoms with E-state index in [-0.39, 0.29) is 5.91 Å². The summed E-state index contributed by atoms with van der Waals surface area (Å²) in [5.41, 5.74) is 2.04. The van der Waals surface area contributed by atoms with Crippen LogP contribution in [0.25, 0.3) is 0 Å². The van der Waals surface area contributed by atoms with Crippen molar-refractivity contribution in [3.63, 3.8) is 0 Å². The Hall–Kier alpha value is -0.490. The minimum atomic E-state index is -0.228. The second-order valence-electron chi connectivity index (χ2n) is 3.22. The second kappa shape index (κ2) is 7.06. The van der Waals surface area contributed by atoms with Gasteiger partial charge in [-0.3, -0.25) is 10.2 Å². The predicted molar refractivity (Wildman–Crippen MR) is 71.2 cm³/mol. The normalized spacial score (nSPS) is 10.1. The number of hydrogen-bond donors (Lipinski definition) is 2. The number of benzene rings is 1. The molecule has 0 radical (unpaired) electrons. The Morgan fingerprint density at radius 2 is 2.12 bits per heavy atom. The molecule has 17 heavy (non-hydrogen) atoms. The molecule has 3 N–H and O–H groups in total. The number of nitrogens with two attached hydrogens (primary N) is 1. The van der Waals surface area contributed by atoms with Gasteiger partial charge in [-0.05, 0) is 28.4 Å². The van der Waals surface area contributed by atoms with Crippen LogP contribution in [0.1, 0.15) is 12.8 Å². The first-order chi connectivity index (χ1) is 8.04. The fraction of sp³-hybridized carbons (Fsp3) is 0.300. The smallest absolute Gasteiger partial charge is 0.234 e. The van der Waals surface area contributed by atoms with Gasteiger partial charge in [0.15, 0.2) is 0 Å². The number of ether oxygens (including phenoxy) is 1. The third-order valence-corrected chi connectivity index (χ3v) is 3.43. The van der Waals surface area contributed by atoms with Crippen molar-refractivity contribution in [1.29, 1.82) is 0 Å². The van der Waals surface area contributed by atoms with Crippen molar-refractivity contribution >= 4 is 45.0 Å². The minimum absolute atomic E-state index is 0.228. The number of amides is 1. The molecule has 0 aliphatic heterocycles. The van der Waals surface area contributed by atoms with E-state index in [9.17, 15) is 4.79 Å². The Kier molecular flexibility index (Phi) is 6.05. The monoisotopic (exact) mass is 340 g/mol. The van der Waals surface area contributed by atoms with Crippen LogP contribution in [0.15, 0.2) is 16.6 Å². The fourth-order valence-corrected chi connectivity index (χ4v) is 1.95. The van der Waals surface area contributed by atoms with E-state index in [1.54, 1.807) is 12.1 Å². The topological polar surface area (TPSA) is 64.3 Å². The number of rotatable bonds is 5. The number of carbonyl (C=O) groups excluding carboxylic acids is 1. The minimum Gasteiger partial charge on any atom is -0.492 e. The summed E-state index contributed by atoms with van der Waals surface area (Å²) in [6, 6.07) is 3.28.